The van der Waals surface area contributed by atoms with Crippen LogP contribution in [0.5, 0.6) is 5.75 Å². The predicted molar refractivity (Wildman–Crippen MR) is 97.3 cm³/mol. The van der Waals surface area contributed by atoms with Gasteiger partial charge in [-0.25, -0.2) is 13.6 Å². The second kappa shape index (κ2) is 8.00. The molecule has 0 spiro atoms. The number of hydrogen-bond acceptors (Lipinski definition) is 5. The maximum Gasteiger partial charge on any atom is 0.243 e. The number of nitrogens with one attached hydrogen (secondary N) is 1. The zero-order valence-corrected chi connectivity index (χ0v) is 14.9. The van der Waals surface area contributed by atoms with Crippen molar-refractivity contribution in [3.05, 3.63) is 48.5 Å². The highest BCUT2D eigenvalue weighted by molar-refractivity contribution is 7.89. The van der Waals surface area contributed by atoms with Crippen molar-refractivity contribution < 1.29 is 17.9 Å². The molecule has 0 aliphatic heterocycles. The van der Waals surface area contributed by atoms with E-state index in [2.05, 4.69) is 5.32 Å². The van der Waals surface area contributed by atoms with Gasteiger partial charge < -0.3 is 15.0 Å². The molecule has 0 aromatic heterocycles. The van der Waals surface area contributed by atoms with E-state index in [0.29, 0.717) is 12.3 Å². The predicted octanol–water partition coefficient (Wildman–Crippen LogP) is 1.81. The minimum absolute atomic E-state index is 0.0981. The Hall–Kier alpha value is -2.58. The van der Waals surface area contributed by atoms with Crippen molar-refractivity contribution >= 4 is 27.3 Å². The van der Waals surface area contributed by atoms with Gasteiger partial charge >= 0.3 is 0 Å². The van der Waals surface area contributed by atoms with Gasteiger partial charge in [-0.1, -0.05) is 18.2 Å². The van der Waals surface area contributed by atoms with E-state index >= 15 is 0 Å². The lowest BCUT2D eigenvalue weighted by Crippen LogP contribution is -2.33. The Kier molecular flexibility index (Phi) is 6.00. The number of methoxy groups -OCH3 is 1. The molecular weight excluding hydrogens is 342 g/mol. The molecule has 3 N–H and O–H groups in total. The van der Waals surface area contributed by atoms with E-state index in [-0.39, 0.29) is 23.0 Å². The van der Waals surface area contributed by atoms with E-state index in [1.54, 1.807) is 0 Å². The molecule has 0 atom stereocenters. The average Bonchev–Trinajstić information content (AvgIpc) is 2.59. The van der Waals surface area contributed by atoms with E-state index in [1.807, 2.05) is 42.2 Å². The minimum Gasteiger partial charge on any atom is -0.495 e. The summed E-state index contributed by atoms with van der Waals surface area (Å²) >= 11 is 0. The Morgan fingerprint density at radius 1 is 1.20 bits per heavy atom. The molecule has 7 nitrogen and oxygen atoms in total. The number of carbonyl (C=O) groups is 1. The highest BCUT2D eigenvalue weighted by Crippen LogP contribution is 2.27. The number of para-hydroxylation sites is 1. The van der Waals surface area contributed by atoms with Crippen LogP contribution < -0.4 is 20.1 Å². The van der Waals surface area contributed by atoms with Gasteiger partial charge in [0.25, 0.3) is 0 Å². The van der Waals surface area contributed by atoms with E-state index in [1.165, 1.54) is 25.3 Å². The summed E-state index contributed by atoms with van der Waals surface area (Å²) < 4.78 is 28.2. The van der Waals surface area contributed by atoms with Crippen LogP contribution in [0.2, 0.25) is 0 Å². The van der Waals surface area contributed by atoms with Gasteiger partial charge in [0.1, 0.15) is 5.75 Å². The molecule has 1 amide bonds. The number of sulfonamides is 1. The number of benzene rings is 2. The summed E-state index contributed by atoms with van der Waals surface area (Å²) in [6.07, 6.45) is 0. The number of ether oxygens (including phenoxy) is 1. The van der Waals surface area contributed by atoms with Gasteiger partial charge in [0.2, 0.25) is 15.9 Å². The number of rotatable bonds is 7. The van der Waals surface area contributed by atoms with Gasteiger partial charge in [-0.15, -0.1) is 0 Å². The smallest absolute Gasteiger partial charge is 0.243 e. The van der Waals surface area contributed by atoms with Crippen molar-refractivity contribution in [1.82, 2.24) is 0 Å². The molecule has 25 heavy (non-hydrogen) atoms. The normalized spacial score (nSPS) is 11.0. The summed E-state index contributed by atoms with van der Waals surface area (Å²) in [5.74, 6) is 0.0547. The number of carbonyl (C=O) groups excluding carboxylic acids is 1. The molecular formula is C17H21N3O4S. The summed E-state index contributed by atoms with van der Waals surface area (Å²) in [5.41, 5.74) is 1.17. The molecule has 0 fully saturated rings. The summed E-state index contributed by atoms with van der Waals surface area (Å²) in [6.45, 7) is 2.71. The van der Waals surface area contributed by atoms with Crippen LogP contribution >= 0.6 is 0 Å². The Labute approximate surface area is 147 Å². The average molecular weight is 363 g/mol. The third-order valence-electron chi connectivity index (χ3n) is 3.61. The monoisotopic (exact) mass is 363 g/mol. The Balaban J connectivity index is 2.19. The molecule has 0 bridgehead atoms. The highest BCUT2D eigenvalue weighted by atomic mass is 32.2. The largest absolute Gasteiger partial charge is 0.495 e. The molecule has 134 valence electrons. The van der Waals surface area contributed by atoms with E-state index in [9.17, 15) is 13.2 Å². The molecule has 2 rings (SSSR count). The van der Waals surface area contributed by atoms with Crippen LogP contribution in [0.1, 0.15) is 6.92 Å². The maximum absolute atomic E-state index is 12.4. The van der Waals surface area contributed by atoms with Crippen molar-refractivity contribution in [3.63, 3.8) is 0 Å². The summed E-state index contributed by atoms with van der Waals surface area (Å²) in [7, 11) is -2.44. The Morgan fingerprint density at radius 2 is 1.88 bits per heavy atom. The molecule has 0 saturated carbocycles. The minimum atomic E-state index is -3.87. The first-order valence-corrected chi connectivity index (χ1v) is 9.20. The van der Waals surface area contributed by atoms with Crippen LogP contribution in [0.15, 0.2) is 53.4 Å². The summed E-state index contributed by atoms with van der Waals surface area (Å²) in [6, 6.07) is 13.6. The third-order valence-corrected chi connectivity index (χ3v) is 4.52. The summed E-state index contributed by atoms with van der Waals surface area (Å²) in [4.78, 5) is 14.2. The third kappa shape index (κ3) is 4.94. The lowest BCUT2D eigenvalue weighted by Gasteiger charge is -2.22. The molecule has 8 heteroatoms. The SMILES string of the molecule is CCN(CC(=O)Nc1cc(S(N)(=O)=O)ccc1OC)c1ccccc1. The van der Waals surface area contributed by atoms with Crippen LogP contribution in [0.4, 0.5) is 11.4 Å². The van der Waals surface area contributed by atoms with E-state index in [4.69, 9.17) is 9.88 Å². The zero-order valence-electron chi connectivity index (χ0n) is 14.1. The van der Waals surface area contributed by atoms with Crippen LogP contribution in [-0.2, 0) is 14.8 Å². The quantitative estimate of drug-likeness (QED) is 0.781. The lowest BCUT2D eigenvalue weighted by atomic mass is 10.2. The van der Waals surface area contributed by atoms with Crippen LogP contribution in [0.25, 0.3) is 0 Å². The molecule has 2 aromatic carbocycles. The molecule has 2 aromatic rings. The van der Waals surface area contributed by atoms with E-state index < -0.39 is 10.0 Å². The molecule has 0 saturated heterocycles. The fourth-order valence-electron chi connectivity index (χ4n) is 2.35. The molecule has 0 unspecified atom stereocenters. The number of amides is 1. The van der Waals surface area contributed by atoms with Crippen molar-refractivity contribution in [2.75, 3.05) is 30.4 Å². The van der Waals surface area contributed by atoms with Gasteiger partial charge in [-0.3, -0.25) is 4.79 Å². The van der Waals surface area contributed by atoms with Gasteiger partial charge in [0, 0.05) is 12.2 Å². The number of likely N-dealkylation sites (N-methyl/N-ethyl adjacent to an activating group) is 1. The first kappa shape index (κ1) is 18.8. The van der Waals surface area contributed by atoms with Crippen molar-refractivity contribution in [3.8, 4) is 5.75 Å². The molecule has 0 aliphatic rings. The standard InChI is InChI=1S/C17H21N3O4S/c1-3-20(13-7-5-4-6-8-13)12-17(21)19-15-11-14(25(18,22)23)9-10-16(15)24-2/h4-11H,3,12H2,1-2H3,(H,19,21)(H2,18,22,23). The first-order valence-electron chi connectivity index (χ1n) is 7.66. The topological polar surface area (TPSA) is 102 Å². The van der Waals surface area contributed by atoms with Crippen LogP contribution in [-0.4, -0.2) is 34.5 Å². The number of nitrogens with two attached hydrogens (primary N) is 1. The van der Waals surface area contributed by atoms with Gasteiger partial charge in [0.15, 0.2) is 0 Å². The second-order valence-corrected chi connectivity index (χ2v) is 6.87. The fourth-order valence-corrected chi connectivity index (χ4v) is 2.89. The summed E-state index contributed by atoms with van der Waals surface area (Å²) in [5, 5.41) is 7.82. The lowest BCUT2D eigenvalue weighted by molar-refractivity contribution is -0.115. The van der Waals surface area contributed by atoms with Gasteiger partial charge in [-0.05, 0) is 37.3 Å². The Bertz CT molecular complexity index is 838. The van der Waals surface area contributed by atoms with E-state index in [0.717, 1.165) is 5.69 Å². The second-order valence-electron chi connectivity index (χ2n) is 5.31. The molecule has 0 heterocycles. The number of nitrogens with zero attached hydrogens (tertiary/aromatic N) is 1. The highest BCUT2D eigenvalue weighted by Gasteiger charge is 2.15. The first-order chi connectivity index (χ1) is 11.8. The molecule has 0 aliphatic carbocycles. The van der Waals surface area contributed by atoms with Crippen molar-refractivity contribution in [2.45, 2.75) is 11.8 Å². The van der Waals surface area contributed by atoms with Gasteiger partial charge in [0.05, 0.1) is 24.2 Å². The number of primary sulfonamides is 1. The van der Waals surface area contributed by atoms with Gasteiger partial charge in [-0.2, -0.15) is 0 Å². The number of hydrogen-bond donors (Lipinski definition) is 2. The number of anilines is 2. The molecule has 0 radical (unpaired) electrons. The zero-order chi connectivity index (χ0) is 18.4. The van der Waals surface area contributed by atoms with Crippen LogP contribution in [0, 0.1) is 0 Å². The Morgan fingerprint density at radius 3 is 2.44 bits per heavy atom. The van der Waals surface area contributed by atoms with Crippen molar-refractivity contribution in [2.24, 2.45) is 5.14 Å². The maximum atomic E-state index is 12.4. The van der Waals surface area contributed by atoms with Crippen molar-refractivity contribution in [1.29, 1.82) is 0 Å². The van der Waals surface area contributed by atoms with Crippen LogP contribution in [0.3, 0.4) is 0 Å². The fraction of sp³-hybridized carbons (Fsp3) is 0.235.